The Morgan fingerprint density at radius 3 is 2.23 bits per heavy atom. The first-order valence-electron chi connectivity index (χ1n) is 11.7. The van der Waals surface area contributed by atoms with Gasteiger partial charge < -0.3 is 15.0 Å². The van der Waals surface area contributed by atoms with Gasteiger partial charge in [0.05, 0.1) is 7.11 Å². The second-order valence-electron chi connectivity index (χ2n) is 8.68. The molecule has 0 aliphatic heterocycles. The normalized spacial score (nSPS) is 13.7. The first-order valence-corrected chi connectivity index (χ1v) is 12.8. The number of carbonyl (C=O) groups is 2. The van der Waals surface area contributed by atoms with E-state index in [1.54, 1.807) is 24.1 Å². The Bertz CT molecular complexity index is 1150. The maximum absolute atomic E-state index is 13.5. The van der Waals surface area contributed by atoms with E-state index in [4.69, 9.17) is 16.3 Å². The van der Waals surface area contributed by atoms with E-state index in [0.29, 0.717) is 24.4 Å². The molecule has 0 radical (unpaired) electrons. The molecule has 0 spiro atoms. The van der Waals surface area contributed by atoms with Crippen molar-refractivity contribution in [1.29, 1.82) is 0 Å². The molecule has 7 heteroatoms. The van der Waals surface area contributed by atoms with Crippen molar-refractivity contribution in [3.05, 3.63) is 99.0 Å². The van der Waals surface area contributed by atoms with Gasteiger partial charge in [-0.25, -0.2) is 0 Å². The zero-order valence-corrected chi connectivity index (χ0v) is 21.9. The molecule has 35 heavy (non-hydrogen) atoms. The number of methoxy groups -OCH3 is 1. The summed E-state index contributed by atoms with van der Waals surface area (Å²) >= 11 is 9.45. The molecule has 3 aromatic carbocycles. The Kier molecular flexibility index (Phi) is 8.47. The van der Waals surface area contributed by atoms with Crippen LogP contribution in [-0.4, -0.2) is 29.9 Å². The molecule has 4 rings (SSSR count). The molecule has 0 saturated heterocycles. The highest BCUT2D eigenvalue weighted by Crippen LogP contribution is 2.36. The Morgan fingerprint density at radius 2 is 1.63 bits per heavy atom. The molecule has 1 aliphatic rings. The van der Waals surface area contributed by atoms with Crippen molar-refractivity contribution in [2.45, 2.75) is 44.3 Å². The second-order valence-corrected chi connectivity index (χ2v) is 10.0. The van der Waals surface area contributed by atoms with Crippen molar-refractivity contribution in [1.82, 2.24) is 10.2 Å². The van der Waals surface area contributed by atoms with Crippen molar-refractivity contribution in [3.63, 3.8) is 0 Å². The molecule has 182 valence electrons. The van der Waals surface area contributed by atoms with E-state index in [0.717, 1.165) is 39.8 Å². The minimum atomic E-state index is -0.689. The minimum absolute atomic E-state index is 0.0159. The van der Waals surface area contributed by atoms with Gasteiger partial charge in [0.1, 0.15) is 11.8 Å². The van der Waals surface area contributed by atoms with Crippen LogP contribution in [0, 0.1) is 0 Å². The van der Waals surface area contributed by atoms with Gasteiger partial charge in [-0.1, -0.05) is 63.9 Å². The van der Waals surface area contributed by atoms with Gasteiger partial charge in [-0.3, -0.25) is 9.59 Å². The summed E-state index contributed by atoms with van der Waals surface area (Å²) in [5, 5.41) is 3.68. The van der Waals surface area contributed by atoms with E-state index in [1.165, 1.54) is 0 Å². The van der Waals surface area contributed by atoms with Crippen LogP contribution < -0.4 is 10.1 Å². The van der Waals surface area contributed by atoms with Gasteiger partial charge in [-0.15, -0.1) is 0 Å². The van der Waals surface area contributed by atoms with Crippen LogP contribution in [-0.2, 0) is 22.6 Å². The second kappa shape index (κ2) is 11.7. The topological polar surface area (TPSA) is 58.6 Å². The van der Waals surface area contributed by atoms with E-state index in [-0.39, 0.29) is 17.9 Å². The van der Waals surface area contributed by atoms with Crippen LogP contribution in [0.4, 0.5) is 0 Å². The fraction of sp³-hybridized carbons (Fsp3) is 0.286. The lowest BCUT2D eigenvalue weighted by Crippen LogP contribution is -2.45. The molecule has 1 aliphatic carbocycles. The monoisotopic (exact) mass is 554 g/mol. The number of hydrogen-bond acceptors (Lipinski definition) is 3. The predicted molar refractivity (Wildman–Crippen MR) is 141 cm³/mol. The number of amides is 2. The standard InChI is InChI=1S/C28H28BrClN2O3/c1-35-25-15-4-19(5-16-25)6-17-26(33)32(24-13-14-24)27(21-7-9-22(29)10-8-21)28(34)31-18-20-2-11-23(30)12-3-20/h2-5,7-12,15-16,24,27H,6,13-14,17-18H2,1H3,(H,31,34). The van der Waals surface area contributed by atoms with Crippen LogP contribution in [0.3, 0.4) is 0 Å². The molecule has 3 aromatic rings. The molecule has 0 aromatic heterocycles. The molecular weight excluding hydrogens is 528 g/mol. The average molecular weight is 556 g/mol. The molecular formula is C28H28BrClN2O3. The molecule has 0 bridgehead atoms. The number of nitrogens with zero attached hydrogens (tertiary/aromatic N) is 1. The highest BCUT2D eigenvalue weighted by Gasteiger charge is 2.40. The lowest BCUT2D eigenvalue weighted by Gasteiger charge is -2.32. The van der Waals surface area contributed by atoms with E-state index in [1.807, 2.05) is 60.7 Å². The molecule has 1 unspecified atom stereocenters. The van der Waals surface area contributed by atoms with Crippen molar-refractivity contribution in [2.75, 3.05) is 7.11 Å². The van der Waals surface area contributed by atoms with Crippen molar-refractivity contribution in [3.8, 4) is 5.75 Å². The minimum Gasteiger partial charge on any atom is -0.497 e. The van der Waals surface area contributed by atoms with Gasteiger partial charge >= 0.3 is 0 Å². The number of halogens is 2. The fourth-order valence-corrected chi connectivity index (χ4v) is 4.45. The SMILES string of the molecule is COc1ccc(CCC(=O)N(C2CC2)C(C(=O)NCc2ccc(Cl)cc2)c2ccc(Br)cc2)cc1. The van der Waals surface area contributed by atoms with Gasteiger partial charge in [-0.2, -0.15) is 0 Å². The lowest BCUT2D eigenvalue weighted by molar-refractivity contribution is -0.141. The lowest BCUT2D eigenvalue weighted by atomic mass is 10.0. The number of hydrogen-bond donors (Lipinski definition) is 1. The maximum atomic E-state index is 13.5. The smallest absolute Gasteiger partial charge is 0.247 e. The predicted octanol–water partition coefficient (Wildman–Crippen LogP) is 6.09. The van der Waals surface area contributed by atoms with Crippen LogP contribution in [0.15, 0.2) is 77.3 Å². The fourth-order valence-electron chi connectivity index (χ4n) is 4.06. The summed E-state index contributed by atoms with van der Waals surface area (Å²) in [6, 6.07) is 22.1. The first kappa shape index (κ1) is 25.3. The third-order valence-corrected chi connectivity index (χ3v) is 6.89. The Labute approximate surface area is 219 Å². The van der Waals surface area contributed by atoms with Gasteiger partial charge in [0.15, 0.2) is 0 Å². The quantitative estimate of drug-likeness (QED) is 0.329. The van der Waals surface area contributed by atoms with Crippen molar-refractivity contribution >= 4 is 39.3 Å². The van der Waals surface area contributed by atoms with Crippen LogP contribution in [0.2, 0.25) is 5.02 Å². The highest BCUT2D eigenvalue weighted by atomic mass is 79.9. The summed E-state index contributed by atoms with van der Waals surface area (Å²) in [5.74, 6) is 0.581. The van der Waals surface area contributed by atoms with Gasteiger partial charge in [0.2, 0.25) is 11.8 Å². The van der Waals surface area contributed by atoms with Crippen molar-refractivity contribution < 1.29 is 14.3 Å². The van der Waals surface area contributed by atoms with Crippen molar-refractivity contribution in [2.24, 2.45) is 0 Å². The summed E-state index contributed by atoms with van der Waals surface area (Å²) in [5.41, 5.74) is 2.80. The Balaban J connectivity index is 1.52. The van der Waals surface area contributed by atoms with Crippen LogP contribution in [0.5, 0.6) is 5.75 Å². The third-order valence-electron chi connectivity index (χ3n) is 6.11. The molecule has 1 fully saturated rings. The molecule has 2 amide bonds. The number of carbonyl (C=O) groups excluding carboxylic acids is 2. The molecule has 1 atom stereocenters. The summed E-state index contributed by atoms with van der Waals surface area (Å²) in [4.78, 5) is 28.8. The van der Waals surface area contributed by atoms with Gasteiger partial charge in [0, 0.05) is 28.5 Å². The number of benzene rings is 3. The summed E-state index contributed by atoms with van der Waals surface area (Å²) in [7, 11) is 1.63. The van der Waals surface area contributed by atoms with E-state index in [2.05, 4.69) is 21.2 Å². The average Bonchev–Trinajstić information content (AvgIpc) is 3.71. The number of nitrogens with one attached hydrogen (secondary N) is 1. The zero-order valence-electron chi connectivity index (χ0n) is 19.5. The summed E-state index contributed by atoms with van der Waals surface area (Å²) in [6.45, 7) is 0.363. The number of rotatable bonds is 10. The molecule has 5 nitrogen and oxygen atoms in total. The Morgan fingerprint density at radius 1 is 1.00 bits per heavy atom. The third kappa shape index (κ3) is 6.86. The Hall–Kier alpha value is -2.83. The summed E-state index contributed by atoms with van der Waals surface area (Å²) < 4.78 is 6.14. The van der Waals surface area contributed by atoms with Crippen LogP contribution in [0.1, 0.15) is 42.0 Å². The molecule has 0 heterocycles. The number of aryl methyl sites for hydroxylation is 1. The first-order chi connectivity index (χ1) is 16.9. The largest absolute Gasteiger partial charge is 0.497 e. The van der Waals surface area contributed by atoms with Crippen LogP contribution >= 0.6 is 27.5 Å². The number of ether oxygens (including phenoxy) is 1. The van der Waals surface area contributed by atoms with Gasteiger partial charge in [0.25, 0.3) is 0 Å². The van der Waals surface area contributed by atoms with Crippen LogP contribution in [0.25, 0.3) is 0 Å². The molecule has 1 N–H and O–H groups in total. The zero-order chi connectivity index (χ0) is 24.8. The van der Waals surface area contributed by atoms with Gasteiger partial charge in [-0.05, 0) is 72.4 Å². The maximum Gasteiger partial charge on any atom is 0.247 e. The summed E-state index contributed by atoms with van der Waals surface area (Å²) in [6.07, 6.45) is 2.75. The van der Waals surface area contributed by atoms with E-state index >= 15 is 0 Å². The van der Waals surface area contributed by atoms with E-state index < -0.39 is 6.04 Å². The molecule has 1 saturated carbocycles. The van der Waals surface area contributed by atoms with E-state index in [9.17, 15) is 9.59 Å². The highest BCUT2D eigenvalue weighted by molar-refractivity contribution is 9.10.